The van der Waals surface area contributed by atoms with Gasteiger partial charge in [0.1, 0.15) is 5.82 Å². The van der Waals surface area contributed by atoms with Crippen LogP contribution >= 0.6 is 15.9 Å². The second kappa shape index (κ2) is 7.97. The van der Waals surface area contributed by atoms with Gasteiger partial charge in [0.2, 0.25) is 5.95 Å². The van der Waals surface area contributed by atoms with Crippen molar-refractivity contribution in [2.75, 3.05) is 10.6 Å². The molecular formula is C19H17BrN4O2. The van der Waals surface area contributed by atoms with Crippen LogP contribution in [0.25, 0.3) is 0 Å². The highest BCUT2D eigenvalue weighted by atomic mass is 79.9. The second-order valence-electron chi connectivity index (χ2n) is 5.69. The van der Waals surface area contributed by atoms with E-state index in [0.29, 0.717) is 11.8 Å². The summed E-state index contributed by atoms with van der Waals surface area (Å²) in [5.41, 5.74) is 2.44. The zero-order chi connectivity index (χ0) is 18.5. The van der Waals surface area contributed by atoms with Crippen LogP contribution in [0.3, 0.4) is 0 Å². The summed E-state index contributed by atoms with van der Waals surface area (Å²) in [6, 6.07) is 16.9. The fraction of sp³-hybridized carbons (Fsp3) is 0.105. The average Bonchev–Trinajstić information content (AvgIpc) is 2.65. The van der Waals surface area contributed by atoms with Gasteiger partial charge < -0.3 is 15.7 Å². The Balaban J connectivity index is 1.76. The molecule has 7 heteroatoms. The molecule has 0 saturated heterocycles. The van der Waals surface area contributed by atoms with E-state index in [2.05, 4.69) is 36.5 Å². The number of hydrogen-bond acceptors (Lipinski definition) is 5. The number of aromatic nitrogens is 2. The lowest BCUT2D eigenvalue weighted by molar-refractivity contribution is -0.138. The molecule has 6 nitrogen and oxygen atoms in total. The number of rotatable bonds is 6. The van der Waals surface area contributed by atoms with Gasteiger partial charge in [-0.25, -0.2) is 4.98 Å². The summed E-state index contributed by atoms with van der Waals surface area (Å²) in [5, 5.41) is 15.4. The number of para-hydroxylation sites is 1. The molecule has 3 N–H and O–H groups in total. The zero-order valence-corrected chi connectivity index (χ0v) is 15.6. The van der Waals surface area contributed by atoms with E-state index in [9.17, 15) is 4.79 Å². The predicted octanol–water partition coefficient (Wildman–Crippen LogP) is 4.91. The molecule has 0 radical (unpaired) electrons. The van der Waals surface area contributed by atoms with Crippen molar-refractivity contribution in [2.24, 2.45) is 0 Å². The summed E-state index contributed by atoms with van der Waals surface area (Å²) in [4.78, 5) is 19.8. The van der Waals surface area contributed by atoms with E-state index in [4.69, 9.17) is 5.11 Å². The second-order valence-corrected chi connectivity index (χ2v) is 6.54. The molecule has 2 aromatic carbocycles. The first kappa shape index (κ1) is 17.9. The first-order chi connectivity index (χ1) is 12.5. The molecule has 0 saturated carbocycles. The smallest absolute Gasteiger partial charge is 0.310 e. The fourth-order valence-corrected chi connectivity index (χ4v) is 2.59. The van der Waals surface area contributed by atoms with E-state index >= 15 is 0 Å². The Hall–Kier alpha value is -2.93. The van der Waals surface area contributed by atoms with Gasteiger partial charge in [-0.1, -0.05) is 30.3 Å². The molecule has 3 aromatic rings. The molecule has 1 aromatic heterocycles. The van der Waals surface area contributed by atoms with E-state index in [1.807, 2.05) is 42.5 Å². The number of benzene rings is 2. The molecule has 1 unspecified atom stereocenters. The lowest BCUT2D eigenvalue weighted by Gasteiger charge is -2.11. The summed E-state index contributed by atoms with van der Waals surface area (Å²) < 4.78 is 0.748. The summed E-state index contributed by atoms with van der Waals surface area (Å²) in [7, 11) is 0. The molecule has 0 aliphatic heterocycles. The number of halogens is 1. The van der Waals surface area contributed by atoms with Crippen molar-refractivity contribution in [3.8, 4) is 0 Å². The summed E-state index contributed by atoms with van der Waals surface area (Å²) in [5.74, 6) is -0.316. The van der Waals surface area contributed by atoms with Crippen molar-refractivity contribution < 1.29 is 9.90 Å². The molecule has 0 fully saturated rings. The molecule has 0 aliphatic rings. The SMILES string of the molecule is CC(C(=O)O)c1ccc(Nc2ncc(Br)c(Nc3ccccc3)n2)cc1. The first-order valence-electron chi connectivity index (χ1n) is 7.97. The Morgan fingerprint density at radius 3 is 2.35 bits per heavy atom. The van der Waals surface area contributed by atoms with E-state index in [1.54, 1.807) is 25.3 Å². The molecule has 1 heterocycles. The molecule has 132 valence electrons. The summed E-state index contributed by atoms with van der Waals surface area (Å²) >= 11 is 3.44. The summed E-state index contributed by atoms with van der Waals surface area (Å²) in [6.45, 7) is 1.66. The number of nitrogens with zero attached hydrogens (tertiary/aromatic N) is 2. The van der Waals surface area contributed by atoms with Gasteiger partial charge in [-0.15, -0.1) is 0 Å². The molecular weight excluding hydrogens is 396 g/mol. The maximum Gasteiger partial charge on any atom is 0.310 e. The average molecular weight is 413 g/mol. The molecule has 3 rings (SSSR count). The van der Waals surface area contributed by atoms with Crippen molar-refractivity contribution in [1.29, 1.82) is 0 Å². The first-order valence-corrected chi connectivity index (χ1v) is 8.76. The van der Waals surface area contributed by atoms with E-state index in [0.717, 1.165) is 21.4 Å². The van der Waals surface area contributed by atoms with Crippen molar-refractivity contribution >= 4 is 45.0 Å². The van der Waals surface area contributed by atoms with Crippen LogP contribution in [-0.2, 0) is 4.79 Å². The van der Waals surface area contributed by atoms with Crippen molar-refractivity contribution in [1.82, 2.24) is 9.97 Å². The van der Waals surface area contributed by atoms with Gasteiger partial charge in [0.15, 0.2) is 0 Å². The maximum absolute atomic E-state index is 11.0. The van der Waals surface area contributed by atoms with Gasteiger partial charge in [-0.05, 0) is 52.7 Å². The molecule has 0 spiro atoms. The van der Waals surface area contributed by atoms with E-state index in [-0.39, 0.29) is 0 Å². The van der Waals surface area contributed by atoms with Crippen molar-refractivity contribution in [3.63, 3.8) is 0 Å². The Labute approximate surface area is 159 Å². The maximum atomic E-state index is 11.0. The number of hydrogen-bond donors (Lipinski definition) is 3. The van der Waals surface area contributed by atoms with Crippen LogP contribution in [0, 0.1) is 0 Å². The lowest BCUT2D eigenvalue weighted by Crippen LogP contribution is -2.07. The normalized spacial score (nSPS) is 11.6. The quantitative estimate of drug-likeness (QED) is 0.532. The number of aliphatic carboxylic acids is 1. The topological polar surface area (TPSA) is 87.1 Å². The summed E-state index contributed by atoms with van der Waals surface area (Å²) in [6.07, 6.45) is 1.67. The third-order valence-corrected chi connectivity index (χ3v) is 4.40. The van der Waals surface area contributed by atoms with Crippen LogP contribution in [0.5, 0.6) is 0 Å². The third kappa shape index (κ3) is 4.37. The highest BCUT2D eigenvalue weighted by molar-refractivity contribution is 9.10. The van der Waals surface area contributed by atoms with E-state index in [1.165, 1.54) is 0 Å². The van der Waals surface area contributed by atoms with Crippen LogP contribution in [0.4, 0.5) is 23.1 Å². The highest BCUT2D eigenvalue weighted by Crippen LogP contribution is 2.25. The Bertz CT molecular complexity index is 901. The number of nitrogens with one attached hydrogen (secondary N) is 2. The predicted molar refractivity (Wildman–Crippen MR) is 105 cm³/mol. The molecule has 0 amide bonds. The number of carboxylic acids is 1. The highest BCUT2D eigenvalue weighted by Gasteiger charge is 2.13. The fourth-order valence-electron chi connectivity index (χ4n) is 2.30. The largest absolute Gasteiger partial charge is 0.481 e. The van der Waals surface area contributed by atoms with Gasteiger partial charge in [-0.3, -0.25) is 4.79 Å². The van der Waals surface area contributed by atoms with Crippen LogP contribution in [-0.4, -0.2) is 21.0 Å². The van der Waals surface area contributed by atoms with Gasteiger partial charge in [0.25, 0.3) is 0 Å². The van der Waals surface area contributed by atoms with Gasteiger partial charge in [-0.2, -0.15) is 4.98 Å². The molecule has 1 atom stereocenters. The Morgan fingerprint density at radius 1 is 1.04 bits per heavy atom. The monoisotopic (exact) mass is 412 g/mol. The zero-order valence-electron chi connectivity index (χ0n) is 14.0. The van der Waals surface area contributed by atoms with Crippen LogP contribution in [0.2, 0.25) is 0 Å². The van der Waals surface area contributed by atoms with Gasteiger partial charge in [0, 0.05) is 17.6 Å². The number of carbonyl (C=O) groups is 1. The minimum absolute atomic E-state index is 0.436. The van der Waals surface area contributed by atoms with Crippen molar-refractivity contribution in [2.45, 2.75) is 12.8 Å². The number of anilines is 4. The standard InChI is InChI=1S/C19H17BrN4O2/c1-12(18(25)26)13-7-9-15(10-8-13)23-19-21-11-16(20)17(24-19)22-14-5-3-2-4-6-14/h2-12H,1H3,(H,25,26)(H2,21,22,23,24). The third-order valence-electron chi connectivity index (χ3n) is 3.82. The molecule has 0 aliphatic carbocycles. The van der Waals surface area contributed by atoms with Crippen LogP contribution in [0.1, 0.15) is 18.4 Å². The molecule has 0 bridgehead atoms. The van der Waals surface area contributed by atoms with Gasteiger partial charge in [0.05, 0.1) is 10.4 Å². The minimum Gasteiger partial charge on any atom is -0.481 e. The van der Waals surface area contributed by atoms with Crippen LogP contribution < -0.4 is 10.6 Å². The van der Waals surface area contributed by atoms with Crippen LogP contribution in [0.15, 0.2) is 65.3 Å². The number of carboxylic acid groups (broad SMARTS) is 1. The van der Waals surface area contributed by atoms with E-state index < -0.39 is 11.9 Å². The van der Waals surface area contributed by atoms with Crippen molar-refractivity contribution in [3.05, 3.63) is 70.8 Å². The molecule has 26 heavy (non-hydrogen) atoms. The Kier molecular flexibility index (Phi) is 5.48. The van der Waals surface area contributed by atoms with Gasteiger partial charge >= 0.3 is 5.97 Å². The Morgan fingerprint density at radius 2 is 1.69 bits per heavy atom. The minimum atomic E-state index is -0.849. The lowest BCUT2D eigenvalue weighted by atomic mass is 10.0.